The third-order valence-corrected chi connectivity index (χ3v) is 1.60. The van der Waals surface area contributed by atoms with Crippen molar-refractivity contribution in [2.75, 3.05) is 0 Å². The van der Waals surface area contributed by atoms with Gasteiger partial charge in [0.25, 0.3) is 0 Å². The molecule has 0 unspecified atom stereocenters. The minimum Gasteiger partial charge on any atom is -0.478 e. The SMILES string of the molecule is O=C(O)/C=C/c1ccc(Cl)cc1F. The number of hydrogen-bond acceptors (Lipinski definition) is 1. The summed E-state index contributed by atoms with van der Waals surface area (Å²) in [4.78, 5) is 10.1. The maximum absolute atomic E-state index is 13.0. The second-order valence-corrected chi connectivity index (χ2v) is 2.77. The van der Waals surface area contributed by atoms with Crippen LogP contribution >= 0.6 is 11.6 Å². The average molecular weight is 201 g/mol. The molecule has 0 bridgehead atoms. The molecule has 0 saturated heterocycles. The summed E-state index contributed by atoms with van der Waals surface area (Å²) in [5, 5.41) is 8.57. The topological polar surface area (TPSA) is 37.3 Å². The number of carbonyl (C=O) groups is 1. The second kappa shape index (κ2) is 4.05. The van der Waals surface area contributed by atoms with E-state index in [2.05, 4.69) is 0 Å². The molecule has 0 radical (unpaired) electrons. The number of aliphatic carboxylic acids is 1. The summed E-state index contributed by atoms with van der Waals surface area (Å²) in [7, 11) is 0. The van der Waals surface area contributed by atoms with Crippen LogP contribution in [0, 0.1) is 5.82 Å². The Hall–Kier alpha value is -1.35. The zero-order chi connectivity index (χ0) is 9.84. The van der Waals surface area contributed by atoms with E-state index in [1.54, 1.807) is 0 Å². The molecule has 4 heteroatoms. The second-order valence-electron chi connectivity index (χ2n) is 2.34. The number of rotatable bonds is 2. The van der Waals surface area contributed by atoms with Gasteiger partial charge in [-0.3, -0.25) is 0 Å². The van der Waals surface area contributed by atoms with Crippen LogP contribution in [0.5, 0.6) is 0 Å². The van der Waals surface area contributed by atoms with Crippen LogP contribution in [-0.4, -0.2) is 11.1 Å². The predicted octanol–water partition coefficient (Wildman–Crippen LogP) is 2.58. The quantitative estimate of drug-likeness (QED) is 0.745. The first kappa shape index (κ1) is 9.74. The lowest BCUT2D eigenvalue weighted by Gasteiger charge is -1.95. The van der Waals surface area contributed by atoms with Crippen molar-refractivity contribution in [3.8, 4) is 0 Å². The van der Waals surface area contributed by atoms with Gasteiger partial charge in [-0.05, 0) is 18.2 Å². The molecular weight excluding hydrogens is 195 g/mol. The highest BCUT2D eigenvalue weighted by Crippen LogP contribution is 2.15. The highest BCUT2D eigenvalue weighted by molar-refractivity contribution is 6.30. The highest BCUT2D eigenvalue weighted by atomic mass is 35.5. The lowest BCUT2D eigenvalue weighted by molar-refractivity contribution is -0.131. The van der Waals surface area contributed by atoms with E-state index in [9.17, 15) is 9.18 Å². The van der Waals surface area contributed by atoms with Crippen molar-refractivity contribution in [3.63, 3.8) is 0 Å². The van der Waals surface area contributed by atoms with Gasteiger partial charge >= 0.3 is 5.97 Å². The van der Waals surface area contributed by atoms with Crippen LogP contribution in [-0.2, 0) is 4.79 Å². The van der Waals surface area contributed by atoms with Gasteiger partial charge in [0.1, 0.15) is 5.82 Å². The summed E-state index contributed by atoms with van der Waals surface area (Å²) in [6.45, 7) is 0. The van der Waals surface area contributed by atoms with E-state index in [-0.39, 0.29) is 10.6 Å². The molecule has 68 valence electrons. The lowest BCUT2D eigenvalue weighted by Crippen LogP contribution is -1.87. The van der Waals surface area contributed by atoms with Gasteiger partial charge in [-0.15, -0.1) is 0 Å². The van der Waals surface area contributed by atoms with E-state index in [0.29, 0.717) is 0 Å². The molecule has 1 aromatic rings. The lowest BCUT2D eigenvalue weighted by atomic mass is 10.2. The molecule has 0 amide bonds. The summed E-state index contributed by atoms with van der Waals surface area (Å²) in [5.41, 5.74) is 0.201. The maximum atomic E-state index is 13.0. The first-order chi connectivity index (χ1) is 6.09. The van der Waals surface area contributed by atoms with Crippen LogP contribution in [0.1, 0.15) is 5.56 Å². The molecule has 13 heavy (non-hydrogen) atoms. The van der Waals surface area contributed by atoms with Crippen LogP contribution < -0.4 is 0 Å². The van der Waals surface area contributed by atoms with Gasteiger partial charge in [0, 0.05) is 16.7 Å². The zero-order valence-electron chi connectivity index (χ0n) is 6.50. The summed E-state index contributed by atoms with van der Waals surface area (Å²) < 4.78 is 13.0. The summed E-state index contributed by atoms with van der Waals surface area (Å²) in [6, 6.07) is 4.03. The fourth-order valence-electron chi connectivity index (χ4n) is 0.798. The summed E-state index contributed by atoms with van der Waals surface area (Å²) >= 11 is 5.50. The number of carboxylic acids is 1. The molecule has 1 N–H and O–H groups in total. The van der Waals surface area contributed by atoms with Gasteiger partial charge in [-0.2, -0.15) is 0 Å². The molecule has 0 atom stereocenters. The van der Waals surface area contributed by atoms with Crippen LogP contribution in [0.25, 0.3) is 6.08 Å². The molecule has 2 nitrogen and oxygen atoms in total. The Morgan fingerprint density at radius 3 is 2.77 bits per heavy atom. The number of hydrogen-bond donors (Lipinski definition) is 1. The van der Waals surface area contributed by atoms with Crippen molar-refractivity contribution >= 4 is 23.6 Å². The highest BCUT2D eigenvalue weighted by Gasteiger charge is 1.99. The van der Waals surface area contributed by atoms with Gasteiger partial charge in [-0.25, -0.2) is 9.18 Å². The standard InChI is InChI=1S/C9H6ClFO2/c10-7-3-1-6(8(11)5-7)2-4-9(12)13/h1-5H,(H,12,13)/b4-2+. The normalized spacial score (nSPS) is 10.6. The van der Waals surface area contributed by atoms with Crippen LogP contribution in [0.3, 0.4) is 0 Å². The molecule has 0 saturated carbocycles. The molecule has 0 heterocycles. The number of benzene rings is 1. The smallest absolute Gasteiger partial charge is 0.328 e. The van der Waals surface area contributed by atoms with Gasteiger partial charge in [0.15, 0.2) is 0 Å². The zero-order valence-corrected chi connectivity index (χ0v) is 7.25. The monoisotopic (exact) mass is 200 g/mol. The first-order valence-corrected chi connectivity index (χ1v) is 3.83. The van der Waals surface area contributed by atoms with Gasteiger partial charge in [-0.1, -0.05) is 17.7 Å². The van der Waals surface area contributed by atoms with Crippen molar-refractivity contribution in [1.82, 2.24) is 0 Å². The van der Waals surface area contributed by atoms with Gasteiger partial charge < -0.3 is 5.11 Å². The maximum Gasteiger partial charge on any atom is 0.328 e. The predicted molar refractivity (Wildman–Crippen MR) is 48.1 cm³/mol. The third kappa shape index (κ3) is 2.87. The molecule has 1 rings (SSSR count). The van der Waals surface area contributed by atoms with E-state index in [1.807, 2.05) is 0 Å². The molecule has 0 aliphatic heterocycles. The Kier molecular flexibility index (Phi) is 3.03. The van der Waals surface area contributed by atoms with Crippen LogP contribution in [0.2, 0.25) is 5.02 Å². The van der Waals surface area contributed by atoms with E-state index < -0.39 is 11.8 Å². The van der Waals surface area contributed by atoms with E-state index in [0.717, 1.165) is 12.1 Å². The van der Waals surface area contributed by atoms with Gasteiger partial charge in [0.05, 0.1) is 0 Å². The number of carboxylic acid groups (broad SMARTS) is 1. The van der Waals surface area contributed by atoms with Crippen molar-refractivity contribution in [2.24, 2.45) is 0 Å². The molecule has 1 aromatic carbocycles. The third-order valence-electron chi connectivity index (χ3n) is 1.37. The molecule has 0 aliphatic rings. The van der Waals surface area contributed by atoms with E-state index >= 15 is 0 Å². The number of halogens is 2. The Morgan fingerprint density at radius 1 is 1.54 bits per heavy atom. The van der Waals surface area contributed by atoms with E-state index in [1.165, 1.54) is 18.2 Å². The van der Waals surface area contributed by atoms with Crippen molar-refractivity contribution in [1.29, 1.82) is 0 Å². The Morgan fingerprint density at radius 2 is 2.23 bits per heavy atom. The van der Waals surface area contributed by atoms with Crippen LogP contribution in [0.4, 0.5) is 4.39 Å². The molecule has 0 spiro atoms. The largest absolute Gasteiger partial charge is 0.478 e. The fraction of sp³-hybridized carbons (Fsp3) is 0. The Balaban J connectivity index is 2.96. The molecule has 0 fully saturated rings. The Labute approximate surface area is 79.3 Å². The summed E-state index contributed by atoms with van der Waals surface area (Å²) in [6.07, 6.45) is 2.04. The van der Waals surface area contributed by atoms with Crippen LogP contribution in [0.15, 0.2) is 24.3 Å². The van der Waals surface area contributed by atoms with Gasteiger partial charge in [0.2, 0.25) is 0 Å². The molecule has 0 aliphatic carbocycles. The minimum atomic E-state index is -1.12. The van der Waals surface area contributed by atoms with E-state index in [4.69, 9.17) is 16.7 Å². The average Bonchev–Trinajstić information content (AvgIpc) is 2.02. The van der Waals surface area contributed by atoms with Crippen molar-refractivity contribution in [3.05, 3.63) is 40.7 Å². The van der Waals surface area contributed by atoms with Crippen molar-refractivity contribution < 1.29 is 14.3 Å². The minimum absolute atomic E-state index is 0.201. The Bertz CT molecular complexity index is 361. The molecule has 0 aromatic heterocycles. The first-order valence-electron chi connectivity index (χ1n) is 3.45. The summed E-state index contributed by atoms with van der Waals surface area (Å²) in [5.74, 6) is -1.65. The van der Waals surface area contributed by atoms with Crippen molar-refractivity contribution in [2.45, 2.75) is 0 Å². The molecular formula is C9H6ClFO2. The fourth-order valence-corrected chi connectivity index (χ4v) is 0.957.